The van der Waals surface area contributed by atoms with Crippen molar-refractivity contribution in [3.63, 3.8) is 0 Å². The zero-order chi connectivity index (χ0) is 12.2. The fourth-order valence-electron chi connectivity index (χ4n) is 0.812. The van der Waals surface area contributed by atoms with Gasteiger partial charge < -0.3 is 5.32 Å². The largest absolute Gasteiger partial charge is 0.377 e. The van der Waals surface area contributed by atoms with Crippen molar-refractivity contribution in [1.29, 1.82) is 0 Å². The average Bonchev–Trinajstić information content (AvgIpc) is 2.14. The van der Waals surface area contributed by atoms with E-state index in [2.05, 4.69) is 21.2 Å². The number of nitrogens with one attached hydrogen (secondary N) is 1. The second kappa shape index (κ2) is 5.29. The van der Waals surface area contributed by atoms with Gasteiger partial charge in [0, 0.05) is 14.7 Å². The Balaban J connectivity index is 2.57. The highest BCUT2D eigenvalue weighted by Gasteiger charge is 1.95. The Kier molecular flexibility index (Phi) is 2.81. The molecule has 4 heteroatoms. The second-order valence-electron chi connectivity index (χ2n) is 2.34. The third-order valence-electron chi connectivity index (χ3n) is 1.40. The summed E-state index contributed by atoms with van der Waals surface area (Å²) in [6.45, 7) is 0.200. The van der Waals surface area contributed by atoms with Gasteiger partial charge in [0.1, 0.15) is 0 Å². The summed E-state index contributed by atoms with van der Waals surface area (Å²) in [4.78, 5) is 11.3. The van der Waals surface area contributed by atoms with Gasteiger partial charge in [0.25, 0.3) is 0 Å². The molecule has 0 amide bonds. The van der Waals surface area contributed by atoms with Crippen LogP contribution in [0.5, 0.6) is 0 Å². The van der Waals surface area contributed by atoms with Crippen molar-refractivity contribution in [3.8, 4) is 0 Å². The molecule has 0 bridgehead atoms. The molecule has 0 atom stereocenters. The summed E-state index contributed by atoms with van der Waals surface area (Å²) in [5.74, 6) is 0. The molecule has 0 aliphatic heterocycles. The van der Waals surface area contributed by atoms with Crippen LogP contribution >= 0.6 is 27.7 Å². The highest BCUT2D eigenvalue weighted by Crippen LogP contribution is 2.17. The molecule has 0 saturated carbocycles. The first kappa shape index (κ1) is 6.90. The molecule has 2 nitrogen and oxygen atoms in total. The number of carbonyl (C=O) groups excluding carboxylic acids is 1. The predicted octanol–water partition coefficient (Wildman–Crippen LogP) is 2.74. The highest BCUT2D eigenvalue weighted by molar-refractivity contribution is 9.18. The molecule has 1 N–H and O–H groups in total. The summed E-state index contributed by atoms with van der Waals surface area (Å²) in [7, 11) is 0. The van der Waals surface area contributed by atoms with Crippen LogP contribution in [0.1, 0.15) is 4.11 Å². The maximum absolute atomic E-state index is 10.6. The Morgan fingerprint density at radius 1 is 1.62 bits per heavy atom. The molecule has 0 heterocycles. The number of hydrogen-bond acceptors (Lipinski definition) is 3. The Hall–Kier alpha value is -0.480. The maximum atomic E-state index is 10.6. The summed E-state index contributed by atoms with van der Waals surface area (Å²) in [6, 6.07) is 6.89. The molecule has 1 aromatic carbocycles. The molecular weight excluding hydrogens is 250 g/mol. The predicted molar refractivity (Wildman–Crippen MR) is 60.6 cm³/mol. The van der Waals surface area contributed by atoms with E-state index in [9.17, 15) is 4.79 Å². The zero-order valence-electron chi connectivity index (χ0n) is 9.71. The number of thioether (sulfide) groups is 1. The summed E-state index contributed by atoms with van der Waals surface area (Å²) >= 11 is 3.64. The number of halogens is 1. The highest BCUT2D eigenvalue weighted by atomic mass is 79.9. The van der Waals surface area contributed by atoms with Gasteiger partial charge in [0.15, 0.2) is 0 Å². The van der Waals surface area contributed by atoms with Crippen molar-refractivity contribution < 1.29 is 8.91 Å². The Labute approximate surface area is 94.4 Å². The fourth-order valence-corrected chi connectivity index (χ4v) is 1.22. The van der Waals surface area contributed by atoms with Crippen LogP contribution in [-0.2, 0) is 4.79 Å². The first-order valence-corrected chi connectivity index (χ1v) is 5.19. The fraction of sp³-hybridized carbons (Fsp3) is 0.222. The van der Waals surface area contributed by atoms with Gasteiger partial charge in [-0.15, -0.1) is 11.8 Å². The number of carbonyl (C=O) groups is 1. The Morgan fingerprint density at radius 2 is 2.31 bits per heavy atom. The molecule has 0 radical (unpaired) electrons. The Morgan fingerprint density at radius 3 is 2.85 bits per heavy atom. The second-order valence-corrected chi connectivity index (χ2v) is 3.90. The van der Waals surface area contributed by atoms with Crippen LogP contribution in [0.15, 0.2) is 29.2 Å². The average molecular weight is 263 g/mol. The van der Waals surface area contributed by atoms with Gasteiger partial charge in [-0.05, 0) is 46.4 Å². The van der Waals surface area contributed by atoms with E-state index in [0.29, 0.717) is 4.90 Å². The zero-order valence-corrected chi connectivity index (χ0v) is 9.11. The Bertz CT molecular complexity index is 366. The van der Waals surface area contributed by atoms with Crippen LogP contribution in [0.2, 0.25) is 0 Å². The van der Waals surface area contributed by atoms with Gasteiger partial charge in [-0.25, -0.2) is 0 Å². The van der Waals surface area contributed by atoms with Crippen LogP contribution in [0, 0.1) is 0 Å². The van der Waals surface area contributed by atoms with Crippen molar-refractivity contribution in [2.45, 2.75) is 4.90 Å². The lowest BCUT2D eigenvalue weighted by molar-refractivity contribution is -0.108. The molecule has 70 valence electrons. The van der Waals surface area contributed by atoms with Crippen LogP contribution < -0.4 is 5.32 Å². The minimum atomic E-state index is -2.03. The molecule has 0 aliphatic rings. The van der Waals surface area contributed by atoms with Crippen molar-refractivity contribution in [3.05, 3.63) is 24.3 Å². The van der Waals surface area contributed by atoms with Crippen LogP contribution in [0.3, 0.4) is 0 Å². The van der Waals surface area contributed by atoms with Crippen LogP contribution in [0.25, 0.3) is 0 Å². The first-order valence-electron chi connectivity index (χ1n) is 5.08. The minimum absolute atomic E-state index is 0.131. The lowest BCUT2D eigenvalue weighted by Crippen LogP contribution is -2.06. The van der Waals surface area contributed by atoms with Gasteiger partial charge in [0.2, 0.25) is 4.69 Å². The lowest BCUT2D eigenvalue weighted by Gasteiger charge is -2.03. The molecule has 13 heavy (non-hydrogen) atoms. The van der Waals surface area contributed by atoms with Crippen molar-refractivity contribution in [2.75, 3.05) is 18.0 Å². The number of benzene rings is 1. The molecular formula is C9H10BrNOS. The molecule has 0 saturated heterocycles. The molecule has 0 aliphatic carbocycles. The SMILES string of the molecule is [2H]C([2H])([2H])Sc1ccc(NCC(=O)Br)cc1. The molecule has 0 spiro atoms. The van der Waals surface area contributed by atoms with Gasteiger partial charge in [-0.2, -0.15) is 0 Å². The summed E-state index contributed by atoms with van der Waals surface area (Å²) < 4.78 is 21.1. The van der Waals surface area contributed by atoms with Crippen molar-refractivity contribution >= 4 is 38.1 Å². The molecule has 1 rings (SSSR count). The van der Waals surface area contributed by atoms with E-state index in [1.165, 1.54) is 0 Å². The number of hydrogen-bond donors (Lipinski definition) is 1. The normalized spacial score (nSPS) is 14.1. The molecule has 0 aromatic heterocycles. The van der Waals surface area contributed by atoms with Crippen molar-refractivity contribution in [1.82, 2.24) is 0 Å². The summed E-state index contributed by atoms with van der Waals surface area (Å²) in [5, 5.41) is 2.89. The molecule has 0 fully saturated rings. The molecule has 1 aromatic rings. The van der Waals surface area contributed by atoms with E-state index in [4.69, 9.17) is 4.11 Å². The topological polar surface area (TPSA) is 29.1 Å². The van der Waals surface area contributed by atoms with Crippen molar-refractivity contribution in [2.24, 2.45) is 0 Å². The van der Waals surface area contributed by atoms with Gasteiger partial charge in [-0.3, -0.25) is 4.79 Å². The van der Waals surface area contributed by atoms with E-state index in [-0.39, 0.29) is 11.2 Å². The lowest BCUT2D eigenvalue weighted by atomic mass is 10.3. The van der Waals surface area contributed by atoms with E-state index in [1.54, 1.807) is 24.3 Å². The van der Waals surface area contributed by atoms with Gasteiger partial charge in [0.05, 0.1) is 6.54 Å². The number of rotatable bonds is 4. The van der Waals surface area contributed by atoms with Gasteiger partial charge in [-0.1, -0.05) is 0 Å². The standard InChI is InChI=1S/C9H10BrNOS/c1-13-8-4-2-7(3-5-8)11-6-9(10)12/h2-5,11H,6H2,1H3/i1D3. The first-order chi connectivity index (χ1) is 7.37. The van der Waals surface area contributed by atoms with Crippen LogP contribution in [0.4, 0.5) is 5.69 Å². The minimum Gasteiger partial charge on any atom is -0.377 e. The quantitative estimate of drug-likeness (QED) is 0.669. The maximum Gasteiger partial charge on any atom is 0.216 e. The monoisotopic (exact) mass is 262 g/mol. The van der Waals surface area contributed by atoms with Gasteiger partial charge >= 0.3 is 0 Å². The summed E-state index contributed by atoms with van der Waals surface area (Å²) in [5.41, 5.74) is 0.780. The number of anilines is 1. The van der Waals surface area contributed by atoms with E-state index >= 15 is 0 Å². The van der Waals surface area contributed by atoms with E-state index < -0.39 is 6.18 Å². The van der Waals surface area contributed by atoms with E-state index in [1.807, 2.05) is 0 Å². The van der Waals surface area contributed by atoms with Crippen LogP contribution in [-0.4, -0.2) is 17.4 Å². The third kappa shape index (κ3) is 3.83. The third-order valence-corrected chi connectivity index (χ3v) is 2.19. The molecule has 0 unspecified atom stereocenters. The van der Waals surface area contributed by atoms with E-state index in [0.717, 1.165) is 17.4 Å². The smallest absolute Gasteiger partial charge is 0.216 e. The summed E-state index contributed by atoms with van der Waals surface area (Å²) in [6.07, 6.45) is -2.03.